The van der Waals surface area contributed by atoms with Crippen molar-refractivity contribution in [2.75, 3.05) is 5.32 Å². The molecule has 0 amide bonds. The van der Waals surface area contributed by atoms with E-state index in [-0.39, 0.29) is 11.8 Å². The minimum absolute atomic E-state index is 0.221. The summed E-state index contributed by atoms with van der Waals surface area (Å²) in [6.45, 7) is 0. The molecule has 0 spiro atoms. The average molecular weight is 295 g/mol. The van der Waals surface area contributed by atoms with Gasteiger partial charge in [-0.2, -0.15) is 0 Å². The minimum Gasteiger partial charge on any atom is -0.401 e. The first kappa shape index (κ1) is 12.5. The fraction of sp³-hybridized carbons (Fsp3) is 0. The Morgan fingerprint density at radius 3 is 2.73 bits per heavy atom. The van der Waals surface area contributed by atoms with Crippen molar-refractivity contribution in [2.24, 2.45) is 0 Å². The molecule has 6 nitrogen and oxygen atoms in total. The Hall–Kier alpha value is -3.22. The summed E-state index contributed by atoms with van der Waals surface area (Å²) in [6.07, 6.45) is 3.70. The molecule has 0 aliphatic heterocycles. The Morgan fingerprint density at radius 2 is 1.91 bits per heavy atom. The monoisotopic (exact) mass is 295 g/mol. The van der Waals surface area contributed by atoms with Gasteiger partial charge in [0.05, 0.1) is 0 Å². The number of pyridine rings is 1. The fourth-order valence-corrected chi connectivity index (χ4v) is 2.07. The zero-order chi connectivity index (χ0) is 14.9. The number of halogens is 1. The summed E-state index contributed by atoms with van der Waals surface area (Å²) in [5.74, 6) is 0.00906. The van der Waals surface area contributed by atoms with E-state index in [1.54, 1.807) is 12.1 Å². The van der Waals surface area contributed by atoms with Gasteiger partial charge >= 0.3 is 6.01 Å². The van der Waals surface area contributed by atoms with Crippen molar-refractivity contribution < 1.29 is 8.81 Å². The maximum atomic E-state index is 12.9. The number of rotatable bonds is 3. The molecule has 0 unspecified atom stereocenters. The van der Waals surface area contributed by atoms with E-state index in [4.69, 9.17) is 4.42 Å². The molecule has 22 heavy (non-hydrogen) atoms. The molecular weight excluding hydrogens is 285 g/mol. The van der Waals surface area contributed by atoms with Crippen molar-refractivity contribution in [3.05, 3.63) is 60.7 Å². The van der Waals surface area contributed by atoms with Crippen LogP contribution < -0.4 is 5.32 Å². The highest BCUT2D eigenvalue weighted by atomic mass is 19.1. The summed E-state index contributed by atoms with van der Waals surface area (Å²) < 4.78 is 20.3. The predicted octanol–water partition coefficient (Wildman–Crippen LogP) is 3.27. The van der Waals surface area contributed by atoms with Crippen LogP contribution in [0, 0.1) is 5.82 Å². The lowest BCUT2D eigenvalue weighted by Crippen LogP contribution is -1.90. The Labute approximate surface area is 124 Å². The smallest absolute Gasteiger partial charge is 0.320 e. The van der Waals surface area contributed by atoms with Gasteiger partial charge in [-0.1, -0.05) is 11.2 Å². The van der Waals surface area contributed by atoms with E-state index in [0.29, 0.717) is 17.3 Å². The second-order valence-corrected chi connectivity index (χ2v) is 4.64. The molecule has 0 fully saturated rings. The predicted molar refractivity (Wildman–Crippen MR) is 78.2 cm³/mol. The third-order valence-corrected chi connectivity index (χ3v) is 3.10. The van der Waals surface area contributed by atoms with Gasteiger partial charge in [-0.25, -0.2) is 9.37 Å². The van der Waals surface area contributed by atoms with Gasteiger partial charge in [0, 0.05) is 18.1 Å². The average Bonchev–Trinajstić information content (AvgIpc) is 3.15. The Kier molecular flexibility index (Phi) is 2.82. The molecule has 0 aliphatic rings. The van der Waals surface area contributed by atoms with Crippen LogP contribution in [-0.2, 0) is 0 Å². The lowest BCUT2D eigenvalue weighted by atomic mass is 10.3. The number of fused-ring (bicyclic) bond motifs is 1. The molecule has 108 valence electrons. The summed E-state index contributed by atoms with van der Waals surface area (Å²) in [5, 5.41) is 10.8. The Morgan fingerprint density at radius 1 is 1.05 bits per heavy atom. The second kappa shape index (κ2) is 4.96. The number of imidazole rings is 1. The highest BCUT2D eigenvalue weighted by molar-refractivity contribution is 5.56. The molecule has 4 aromatic rings. The maximum absolute atomic E-state index is 12.9. The molecule has 0 aliphatic carbocycles. The van der Waals surface area contributed by atoms with Gasteiger partial charge in [0.15, 0.2) is 0 Å². The zero-order valence-corrected chi connectivity index (χ0v) is 11.3. The highest BCUT2D eigenvalue weighted by Crippen LogP contribution is 2.22. The van der Waals surface area contributed by atoms with Crippen molar-refractivity contribution in [3.63, 3.8) is 0 Å². The van der Waals surface area contributed by atoms with Crippen molar-refractivity contribution in [1.29, 1.82) is 0 Å². The largest absolute Gasteiger partial charge is 0.401 e. The highest BCUT2D eigenvalue weighted by Gasteiger charge is 2.12. The van der Waals surface area contributed by atoms with Crippen LogP contribution >= 0.6 is 0 Å². The maximum Gasteiger partial charge on any atom is 0.320 e. The summed E-state index contributed by atoms with van der Waals surface area (Å²) >= 11 is 0. The first-order chi connectivity index (χ1) is 10.8. The third-order valence-electron chi connectivity index (χ3n) is 3.10. The van der Waals surface area contributed by atoms with E-state index >= 15 is 0 Å². The molecule has 0 saturated heterocycles. The van der Waals surface area contributed by atoms with Crippen LogP contribution in [0.1, 0.15) is 0 Å². The molecule has 0 radical (unpaired) electrons. The second-order valence-electron chi connectivity index (χ2n) is 4.64. The van der Waals surface area contributed by atoms with Crippen molar-refractivity contribution >= 4 is 17.3 Å². The summed E-state index contributed by atoms with van der Waals surface area (Å²) in [6, 6.07) is 11.8. The van der Waals surface area contributed by atoms with E-state index in [1.807, 2.05) is 35.0 Å². The first-order valence-electron chi connectivity index (χ1n) is 6.58. The number of aromatic nitrogens is 4. The molecule has 1 N–H and O–H groups in total. The van der Waals surface area contributed by atoms with Crippen LogP contribution in [0.25, 0.3) is 17.2 Å². The van der Waals surface area contributed by atoms with Crippen molar-refractivity contribution in [1.82, 2.24) is 19.6 Å². The quantitative estimate of drug-likeness (QED) is 0.628. The SMILES string of the molecule is Fc1ccc(Nc2nnc(-c3cn4ccccc4n3)o2)cc1. The molecule has 0 saturated carbocycles. The molecule has 7 heteroatoms. The van der Waals surface area contributed by atoms with E-state index < -0.39 is 0 Å². The first-order valence-corrected chi connectivity index (χ1v) is 6.58. The molecule has 3 heterocycles. The van der Waals surface area contributed by atoms with Crippen LogP contribution in [0.15, 0.2) is 59.3 Å². The molecular formula is C15H10FN5O. The topological polar surface area (TPSA) is 68.2 Å². The van der Waals surface area contributed by atoms with Gasteiger partial charge in [0.2, 0.25) is 0 Å². The number of nitrogens with zero attached hydrogens (tertiary/aromatic N) is 4. The summed E-state index contributed by atoms with van der Waals surface area (Å²) in [7, 11) is 0. The lowest BCUT2D eigenvalue weighted by molar-refractivity contribution is 0.585. The number of nitrogens with one attached hydrogen (secondary N) is 1. The fourth-order valence-electron chi connectivity index (χ4n) is 2.07. The van der Waals surface area contributed by atoms with Gasteiger partial charge in [-0.05, 0) is 36.4 Å². The van der Waals surface area contributed by atoms with E-state index in [1.165, 1.54) is 12.1 Å². The summed E-state index contributed by atoms with van der Waals surface area (Å²) in [5.41, 5.74) is 2.04. The van der Waals surface area contributed by atoms with Crippen molar-refractivity contribution in [3.8, 4) is 11.6 Å². The van der Waals surface area contributed by atoms with Crippen LogP contribution in [0.4, 0.5) is 16.1 Å². The third kappa shape index (κ3) is 2.28. The van der Waals surface area contributed by atoms with Gasteiger partial charge in [0.25, 0.3) is 5.89 Å². The normalized spacial score (nSPS) is 11.0. The Bertz CT molecular complexity index is 895. The van der Waals surface area contributed by atoms with Crippen LogP contribution in [0.2, 0.25) is 0 Å². The number of hydrogen-bond acceptors (Lipinski definition) is 5. The molecule has 0 atom stereocenters. The van der Waals surface area contributed by atoms with Crippen molar-refractivity contribution in [2.45, 2.75) is 0 Å². The lowest BCUT2D eigenvalue weighted by Gasteiger charge is -1.99. The van der Waals surface area contributed by atoms with Crippen LogP contribution in [0.3, 0.4) is 0 Å². The number of benzene rings is 1. The van der Waals surface area contributed by atoms with Gasteiger partial charge < -0.3 is 14.1 Å². The molecule has 4 rings (SSSR count). The summed E-state index contributed by atoms with van der Waals surface area (Å²) in [4.78, 5) is 4.40. The standard InChI is InChI=1S/C15H10FN5O/c16-10-4-6-11(7-5-10)17-15-20-19-14(22-15)12-9-21-8-2-1-3-13(21)18-12/h1-9H,(H,17,20). The van der Waals surface area contributed by atoms with Crippen LogP contribution in [-0.4, -0.2) is 19.6 Å². The number of hydrogen-bond donors (Lipinski definition) is 1. The molecule has 0 bridgehead atoms. The molecule has 3 aromatic heterocycles. The number of anilines is 2. The molecule has 1 aromatic carbocycles. The van der Waals surface area contributed by atoms with Gasteiger partial charge in [0.1, 0.15) is 17.2 Å². The Balaban J connectivity index is 1.61. The van der Waals surface area contributed by atoms with E-state index in [9.17, 15) is 4.39 Å². The zero-order valence-electron chi connectivity index (χ0n) is 11.3. The van der Waals surface area contributed by atoms with Gasteiger partial charge in [-0.3, -0.25) is 0 Å². The minimum atomic E-state index is -0.304. The van der Waals surface area contributed by atoms with E-state index in [0.717, 1.165) is 5.65 Å². The van der Waals surface area contributed by atoms with Crippen LogP contribution in [0.5, 0.6) is 0 Å². The van der Waals surface area contributed by atoms with E-state index in [2.05, 4.69) is 20.5 Å². The van der Waals surface area contributed by atoms with Gasteiger partial charge in [-0.15, -0.1) is 5.10 Å².